The highest BCUT2D eigenvalue weighted by Crippen LogP contribution is 2.23. The van der Waals surface area contributed by atoms with Gasteiger partial charge in [-0.3, -0.25) is 9.78 Å². The second-order valence-electron chi connectivity index (χ2n) is 4.31. The predicted octanol–water partition coefficient (Wildman–Crippen LogP) is 1.49. The number of hydrogen-bond donors (Lipinski definition) is 3. The van der Waals surface area contributed by atoms with Gasteiger partial charge in [-0.1, -0.05) is 12.1 Å². The SMILES string of the molecule is CCC(C)(C(=O)Nc1ccc(C)nc1)/C(N)=N/O. The topological polar surface area (TPSA) is 101 Å². The first-order valence-corrected chi connectivity index (χ1v) is 5.66. The van der Waals surface area contributed by atoms with Gasteiger partial charge in [0.15, 0.2) is 5.84 Å². The Kier molecular flexibility index (Phi) is 4.25. The molecule has 0 spiro atoms. The van der Waals surface area contributed by atoms with E-state index in [1.807, 2.05) is 6.92 Å². The van der Waals surface area contributed by atoms with Gasteiger partial charge in [-0.2, -0.15) is 0 Å². The summed E-state index contributed by atoms with van der Waals surface area (Å²) in [7, 11) is 0. The molecule has 0 saturated carbocycles. The van der Waals surface area contributed by atoms with Crippen LogP contribution in [0.1, 0.15) is 26.0 Å². The highest BCUT2D eigenvalue weighted by Gasteiger charge is 2.36. The predicted molar refractivity (Wildman–Crippen MR) is 69.4 cm³/mol. The fourth-order valence-corrected chi connectivity index (χ4v) is 1.38. The summed E-state index contributed by atoms with van der Waals surface area (Å²) in [6.45, 7) is 5.28. The van der Waals surface area contributed by atoms with Crippen molar-refractivity contribution >= 4 is 17.4 Å². The lowest BCUT2D eigenvalue weighted by atomic mass is 9.85. The van der Waals surface area contributed by atoms with Crippen molar-refractivity contribution in [1.82, 2.24) is 4.98 Å². The monoisotopic (exact) mass is 250 g/mol. The Labute approximate surface area is 106 Å². The van der Waals surface area contributed by atoms with Gasteiger partial charge in [0.2, 0.25) is 5.91 Å². The van der Waals surface area contributed by atoms with Crippen LogP contribution < -0.4 is 11.1 Å². The minimum Gasteiger partial charge on any atom is -0.409 e. The van der Waals surface area contributed by atoms with Crippen LogP contribution in [0.2, 0.25) is 0 Å². The Bertz CT molecular complexity index is 456. The molecule has 1 aromatic heterocycles. The third-order valence-electron chi connectivity index (χ3n) is 3.05. The fourth-order valence-electron chi connectivity index (χ4n) is 1.38. The molecule has 4 N–H and O–H groups in total. The van der Waals surface area contributed by atoms with Crippen molar-refractivity contribution in [1.29, 1.82) is 0 Å². The number of nitrogens with zero attached hydrogens (tertiary/aromatic N) is 2. The molecule has 0 aliphatic heterocycles. The van der Waals surface area contributed by atoms with Gasteiger partial charge in [-0.05, 0) is 32.4 Å². The zero-order valence-electron chi connectivity index (χ0n) is 10.8. The van der Waals surface area contributed by atoms with Crippen LogP contribution in [-0.4, -0.2) is 21.9 Å². The summed E-state index contributed by atoms with van der Waals surface area (Å²) in [5, 5.41) is 14.4. The van der Waals surface area contributed by atoms with E-state index >= 15 is 0 Å². The van der Waals surface area contributed by atoms with Crippen LogP contribution in [-0.2, 0) is 4.79 Å². The van der Waals surface area contributed by atoms with E-state index in [-0.39, 0.29) is 11.7 Å². The third kappa shape index (κ3) is 2.77. The van der Waals surface area contributed by atoms with Crippen molar-refractivity contribution in [2.24, 2.45) is 16.3 Å². The lowest BCUT2D eigenvalue weighted by Crippen LogP contribution is -2.44. The van der Waals surface area contributed by atoms with Crippen LogP contribution in [0.5, 0.6) is 0 Å². The second-order valence-corrected chi connectivity index (χ2v) is 4.31. The first kappa shape index (κ1) is 14.0. The molecule has 6 heteroatoms. The number of rotatable bonds is 4. The molecule has 0 aliphatic carbocycles. The minimum absolute atomic E-state index is 0.109. The van der Waals surface area contributed by atoms with E-state index in [0.29, 0.717) is 12.1 Å². The quantitative estimate of drug-likeness (QED) is 0.326. The number of pyridine rings is 1. The number of anilines is 1. The number of aryl methyl sites for hydroxylation is 1. The van der Waals surface area contributed by atoms with E-state index in [4.69, 9.17) is 10.9 Å². The zero-order chi connectivity index (χ0) is 13.8. The van der Waals surface area contributed by atoms with E-state index in [9.17, 15) is 4.79 Å². The van der Waals surface area contributed by atoms with E-state index in [0.717, 1.165) is 5.69 Å². The zero-order valence-corrected chi connectivity index (χ0v) is 10.8. The number of aromatic nitrogens is 1. The van der Waals surface area contributed by atoms with Crippen LogP contribution in [0.3, 0.4) is 0 Å². The van der Waals surface area contributed by atoms with Crippen molar-refractivity contribution in [3.8, 4) is 0 Å². The average Bonchev–Trinajstić information content (AvgIpc) is 2.39. The number of nitrogens with two attached hydrogens (primary N) is 1. The summed E-state index contributed by atoms with van der Waals surface area (Å²) in [6, 6.07) is 3.55. The highest BCUT2D eigenvalue weighted by molar-refractivity contribution is 6.11. The smallest absolute Gasteiger partial charge is 0.238 e. The molecule has 0 radical (unpaired) electrons. The first-order chi connectivity index (χ1) is 8.43. The Morgan fingerprint density at radius 1 is 1.61 bits per heavy atom. The second kappa shape index (κ2) is 5.48. The number of amidine groups is 1. The molecule has 1 aromatic rings. The van der Waals surface area contributed by atoms with Gasteiger partial charge in [-0.15, -0.1) is 0 Å². The van der Waals surface area contributed by atoms with Gasteiger partial charge in [0, 0.05) is 5.69 Å². The van der Waals surface area contributed by atoms with Crippen molar-refractivity contribution in [3.63, 3.8) is 0 Å². The number of nitrogens with one attached hydrogen (secondary N) is 1. The van der Waals surface area contributed by atoms with E-state index < -0.39 is 5.41 Å². The van der Waals surface area contributed by atoms with E-state index in [2.05, 4.69) is 15.5 Å². The van der Waals surface area contributed by atoms with Crippen LogP contribution in [0.4, 0.5) is 5.69 Å². The van der Waals surface area contributed by atoms with Crippen LogP contribution in [0.15, 0.2) is 23.5 Å². The fraction of sp³-hybridized carbons (Fsp3) is 0.417. The molecule has 0 aliphatic rings. The standard InChI is InChI=1S/C12H18N4O2/c1-4-12(3,10(13)16-18)11(17)15-9-6-5-8(2)14-7-9/h5-7,18H,4H2,1-3H3,(H2,13,16)(H,15,17). The summed E-state index contributed by atoms with van der Waals surface area (Å²) >= 11 is 0. The van der Waals surface area contributed by atoms with Crippen LogP contribution in [0, 0.1) is 12.3 Å². The normalized spacial score (nSPS) is 14.9. The summed E-state index contributed by atoms with van der Waals surface area (Å²) in [6.07, 6.45) is 1.99. The van der Waals surface area contributed by atoms with Crippen molar-refractivity contribution in [2.45, 2.75) is 27.2 Å². The average molecular weight is 250 g/mol. The lowest BCUT2D eigenvalue weighted by molar-refractivity contribution is -0.121. The van der Waals surface area contributed by atoms with Crippen molar-refractivity contribution < 1.29 is 10.0 Å². The molecule has 1 heterocycles. The molecule has 1 unspecified atom stereocenters. The maximum atomic E-state index is 12.1. The molecule has 6 nitrogen and oxygen atoms in total. The molecule has 0 bridgehead atoms. The number of carbonyl (C=O) groups excluding carboxylic acids is 1. The van der Waals surface area contributed by atoms with Gasteiger partial charge >= 0.3 is 0 Å². The number of carbonyl (C=O) groups is 1. The Morgan fingerprint density at radius 3 is 2.72 bits per heavy atom. The lowest BCUT2D eigenvalue weighted by Gasteiger charge is -2.25. The van der Waals surface area contributed by atoms with Crippen molar-refractivity contribution in [2.75, 3.05) is 5.32 Å². The summed E-state index contributed by atoms with van der Waals surface area (Å²) in [5.74, 6) is -0.437. The number of oxime groups is 1. The molecule has 98 valence electrons. The van der Waals surface area contributed by atoms with Gasteiger partial charge in [0.05, 0.1) is 11.9 Å². The van der Waals surface area contributed by atoms with Gasteiger partial charge in [0.1, 0.15) is 5.41 Å². The van der Waals surface area contributed by atoms with Gasteiger partial charge < -0.3 is 16.3 Å². The Hall–Kier alpha value is -2.11. The largest absolute Gasteiger partial charge is 0.409 e. The molecule has 0 aromatic carbocycles. The molecule has 1 amide bonds. The van der Waals surface area contributed by atoms with Crippen LogP contribution >= 0.6 is 0 Å². The first-order valence-electron chi connectivity index (χ1n) is 5.66. The minimum atomic E-state index is -1.04. The summed E-state index contributed by atoms with van der Waals surface area (Å²) in [5.41, 5.74) is 5.97. The van der Waals surface area contributed by atoms with E-state index in [1.165, 1.54) is 0 Å². The molecule has 0 fully saturated rings. The molecule has 1 atom stereocenters. The molecule has 18 heavy (non-hydrogen) atoms. The molecular weight excluding hydrogens is 232 g/mol. The maximum Gasteiger partial charge on any atom is 0.238 e. The van der Waals surface area contributed by atoms with Crippen LogP contribution in [0.25, 0.3) is 0 Å². The molecular formula is C12H18N4O2. The number of amides is 1. The highest BCUT2D eigenvalue weighted by atomic mass is 16.4. The molecule has 0 saturated heterocycles. The van der Waals surface area contributed by atoms with Gasteiger partial charge in [0.25, 0.3) is 0 Å². The Balaban J connectivity index is 2.90. The number of hydrogen-bond acceptors (Lipinski definition) is 4. The summed E-state index contributed by atoms with van der Waals surface area (Å²) in [4.78, 5) is 16.2. The van der Waals surface area contributed by atoms with Gasteiger partial charge in [-0.25, -0.2) is 0 Å². The summed E-state index contributed by atoms with van der Waals surface area (Å²) < 4.78 is 0. The maximum absolute atomic E-state index is 12.1. The van der Waals surface area contributed by atoms with E-state index in [1.54, 1.807) is 32.2 Å². The Morgan fingerprint density at radius 2 is 2.28 bits per heavy atom. The third-order valence-corrected chi connectivity index (χ3v) is 3.05. The molecule has 1 rings (SSSR count). The van der Waals surface area contributed by atoms with Crippen molar-refractivity contribution in [3.05, 3.63) is 24.0 Å².